The van der Waals surface area contributed by atoms with Crippen molar-refractivity contribution in [3.05, 3.63) is 56.5 Å². The zero-order valence-electron chi connectivity index (χ0n) is 10.6. The summed E-state index contributed by atoms with van der Waals surface area (Å²) >= 11 is 23.7. The van der Waals surface area contributed by atoms with Crippen LogP contribution in [0.1, 0.15) is 0 Å². The summed E-state index contributed by atoms with van der Waals surface area (Å²) in [6.45, 7) is 0.00753. The van der Waals surface area contributed by atoms with Crippen molar-refractivity contribution in [1.29, 1.82) is 0 Å². The monoisotopic (exact) mass is 362 g/mol. The standard InChI is InChI=1S/C14H10Cl4N2O/c15-8-2-1-3-10(4-8)20-13(21)7-19-14-11(17)5-9(16)6-12(14)18/h1-6,19H,7H2,(H,20,21). The minimum atomic E-state index is -0.251. The molecule has 1 amide bonds. The minimum Gasteiger partial charge on any atom is -0.374 e. The maximum absolute atomic E-state index is 11.9. The first-order valence-corrected chi connectivity index (χ1v) is 7.41. The van der Waals surface area contributed by atoms with Crippen LogP contribution in [0.5, 0.6) is 0 Å². The van der Waals surface area contributed by atoms with Gasteiger partial charge in [-0.3, -0.25) is 4.79 Å². The van der Waals surface area contributed by atoms with Gasteiger partial charge in [0.2, 0.25) is 5.91 Å². The Morgan fingerprint density at radius 2 is 1.62 bits per heavy atom. The number of carbonyl (C=O) groups is 1. The molecule has 0 heterocycles. The predicted octanol–water partition coefficient (Wildman–Crippen LogP) is 5.35. The predicted molar refractivity (Wildman–Crippen MR) is 90.0 cm³/mol. The highest BCUT2D eigenvalue weighted by Crippen LogP contribution is 2.33. The molecule has 2 N–H and O–H groups in total. The highest BCUT2D eigenvalue weighted by molar-refractivity contribution is 6.41. The van der Waals surface area contributed by atoms with E-state index in [2.05, 4.69) is 10.6 Å². The lowest BCUT2D eigenvalue weighted by Gasteiger charge is -2.11. The van der Waals surface area contributed by atoms with Crippen molar-refractivity contribution in [3.63, 3.8) is 0 Å². The molecule has 0 aliphatic rings. The van der Waals surface area contributed by atoms with E-state index in [9.17, 15) is 4.79 Å². The van der Waals surface area contributed by atoms with Crippen molar-refractivity contribution in [3.8, 4) is 0 Å². The normalized spacial score (nSPS) is 10.3. The topological polar surface area (TPSA) is 41.1 Å². The van der Waals surface area contributed by atoms with Crippen LogP contribution in [0.3, 0.4) is 0 Å². The Morgan fingerprint density at radius 3 is 2.24 bits per heavy atom. The minimum absolute atomic E-state index is 0.00753. The number of rotatable bonds is 4. The van der Waals surface area contributed by atoms with Crippen molar-refractivity contribution < 1.29 is 4.79 Å². The molecule has 0 unspecified atom stereocenters. The zero-order valence-corrected chi connectivity index (χ0v) is 13.6. The second-order valence-corrected chi connectivity index (χ2v) is 5.84. The second kappa shape index (κ2) is 7.23. The largest absolute Gasteiger partial charge is 0.374 e. The molecule has 0 atom stereocenters. The lowest BCUT2D eigenvalue weighted by molar-refractivity contribution is -0.114. The van der Waals surface area contributed by atoms with Crippen molar-refractivity contribution in [2.75, 3.05) is 17.2 Å². The van der Waals surface area contributed by atoms with Crippen molar-refractivity contribution in [2.24, 2.45) is 0 Å². The van der Waals surface area contributed by atoms with Crippen LogP contribution in [0, 0.1) is 0 Å². The van der Waals surface area contributed by atoms with Crippen LogP contribution in [0.4, 0.5) is 11.4 Å². The van der Waals surface area contributed by atoms with E-state index < -0.39 is 0 Å². The quantitative estimate of drug-likeness (QED) is 0.768. The number of hydrogen-bond acceptors (Lipinski definition) is 2. The van der Waals surface area contributed by atoms with Gasteiger partial charge < -0.3 is 10.6 Å². The van der Waals surface area contributed by atoms with Gasteiger partial charge in [0.25, 0.3) is 0 Å². The SMILES string of the molecule is O=C(CNc1c(Cl)cc(Cl)cc1Cl)Nc1cccc(Cl)c1. The number of hydrogen-bond donors (Lipinski definition) is 2. The fourth-order valence-electron chi connectivity index (χ4n) is 1.65. The van der Waals surface area contributed by atoms with Gasteiger partial charge in [-0.15, -0.1) is 0 Å². The number of anilines is 2. The number of benzene rings is 2. The van der Waals surface area contributed by atoms with Crippen molar-refractivity contribution in [1.82, 2.24) is 0 Å². The van der Waals surface area contributed by atoms with Crippen LogP contribution in [0.15, 0.2) is 36.4 Å². The molecule has 0 saturated heterocycles. The molecule has 21 heavy (non-hydrogen) atoms. The van der Waals surface area contributed by atoms with Gasteiger partial charge in [-0.05, 0) is 30.3 Å². The van der Waals surface area contributed by atoms with Crippen LogP contribution < -0.4 is 10.6 Å². The van der Waals surface area contributed by atoms with E-state index in [0.29, 0.717) is 31.5 Å². The Hall–Kier alpha value is -1.13. The van der Waals surface area contributed by atoms with E-state index >= 15 is 0 Å². The highest BCUT2D eigenvalue weighted by atomic mass is 35.5. The van der Waals surface area contributed by atoms with Crippen LogP contribution in [-0.2, 0) is 4.79 Å². The Labute approximate surface area is 142 Å². The molecular weight excluding hydrogens is 354 g/mol. The number of halogens is 4. The number of amides is 1. The Bertz CT molecular complexity index is 653. The van der Waals surface area contributed by atoms with Gasteiger partial charge in [0, 0.05) is 15.7 Å². The third kappa shape index (κ3) is 4.68. The summed E-state index contributed by atoms with van der Waals surface area (Å²) in [6, 6.07) is 9.97. The van der Waals surface area contributed by atoms with E-state index in [4.69, 9.17) is 46.4 Å². The number of carbonyl (C=O) groups excluding carboxylic acids is 1. The molecule has 0 aliphatic heterocycles. The lowest BCUT2D eigenvalue weighted by Crippen LogP contribution is -2.22. The van der Waals surface area contributed by atoms with Gasteiger partial charge >= 0.3 is 0 Å². The van der Waals surface area contributed by atoms with Gasteiger partial charge in [-0.2, -0.15) is 0 Å². The molecule has 7 heteroatoms. The fraction of sp³-hybridized carbons (Fsp3) is 0.0714. The molecular formula is C14H10Cl4N2O. The molecule has 0 spiro atoms. The summed E-state index contributed by atoms with van der Waals surface area (Å²) in [4.78, 5) is 11.9. The average molecular weight is 364 g/mol. The molecule has 0 radical (unpaired) electrons. The van der Waals surface area contributed by atoms with Gasteiger partial charge in [0.1, 0.15) is 0 Å². The summed E-state index contributed by atoms with van der Waals surface area (Å²) in [5.74, 6) is -0.251. The molecule has 0 bridgehead atoms. The Morgan fingerprint density at radius 1 is 0.952 bits per heavy atom. The van der Waals surface area contributed by atoms with E-state index in [1.165, 1.54) is 0 Å². The van der Waals surface area contributed by atoms with E-state index in [-0.39, 0.29) is 12.5 Å². The van der Waals surface area contributed by atoms with Crippen molar-refractivity contribution >= 4 is 63.7 Å². The van der Waals surface area contributed by atoms with Gasteiger partial charge in [-0.1, -0.05) is 52.5 Å². The van der Waals surface area contributed by atoms with E-state index in [1.54, 1.807) is 36.4 Å². The first-order valence-electron chi connectivity index (χ1n) is 5.89. The fourth-order valence-corrected chi connectivity index (χ4v) is 2.79. The molecule has 2 aromatic rings. The number of nitrogens with one attached hydrogen (secondary N) is 2. The first kappa shape index (κ1) is 16.2. The molecule has 0 aromatic heterocycles. The average Bonchev–Trinajstić information content (AvgIpc) is 2.37. The van der Waals surface area contributed by atoms with Crippen LogP contribution in [0.25, 0.3) is 0 Å². The summed E-state index contributed by atoms with van der Waals surface area (Å²) in [6.07, 6.45) is 0. The smallest absolute Gasteiger partial charge is 0.243 e. The summed E-state index contributed by atoms with van der Waals surface area (Å²) in [7, 11) is 0. The molecule has 0 aliphatic carbocycles. The van der Waals surface area contributed by atoms with Crippen molar-refractivity contribution in [2.45, 2.75) is 0 Å². The van der Waals surface area contributed by atoms with E-state index in [0.717, 1.165) is 0 Å². The van der Waals surface area contributed by atoms with Gasteiger partial charge in [-0.25, -0.2) is 0 Å². The summed E-state index contributed by atoms with van der Waals surface area (Å²) < 4.78 is 0. The zero-order chi connectivity index (χ0) is 15.4. The maximum atomic E-state index is 11.9. The van der Waals surface area contributed by atoms with Crippen LogP contribution >= 0.6 is 46.4 Å². The maximum Gasteiger partial charge on any atom is 0.243 e. The van der Waals surface area contributed by atoms with Crippen LogP contribution in [-0.4, -0.2) is 12.5 Å². The highest BCUT2D eigenvalue weighted by Gasteiger charge is 2.09. The second-order valence-electron chi connectivity index (χ2n) is 4.16. The van der Waals surface area contributed by atoms with Gasteiger partial charge in [0.05, 0.1) is 22.3 Å². The molecule has 0 saturated carbocycles. The molecule has 2 aromatic carbocycles. The Kier molecular flexibility index (Phi) is 5.59. The molecule has 110 valence electrons. The summed E-state index contributed by atoms with van der Waals surface area (Å²) in [5, 5.41) is 7.26. The Balaban J connectivity index is 1.99. The first-order chi connectivity index (χ1) is 9.95. The third-order valence-corrected chi connectivity index (χ3v) is 3.59. The lowest BCUT2D eigenvalue weighted by atomic mass is 10.3. The van der Waals surface area contributed by atoms with E-state index in [1.807, 2.05) is 0 Å². The molecule has 3 nitrogen and oxygen atoms in total. The third-order valence-electron chi connectivity index (χ3n) is 2.54. The summed E-state index contributed by atoms with van der Waals surface area (Å²) in [5.41, 5.74) is 1.08. The molecule has 2 rings (SSSR count). The van der Waals surface area contributed by atoms with Crippen LogP contribution in [0.2, 0.25) is 20.1 Å². The van der Waals surface area contributed by atoms with Gasteiger partial charge in [0.15, 0.2) is 0 Å². The molecule has 0 fully saturated rings.